The summed E-state index contributed by atoms with van der Waals surface area (Å²) in [5.74, 6) is -1.40. The molecule has 30 heavy (non-hydrogen) atoms. The highest BCUT2D eigenvalue weighted by Crippen LogP contribution is 2.26. The van der Waals surface area contributed by atoms with Gasteiger partial charge in [0.2, 0.25) is 0 Å². The molecule has 1 aliphatic rings. The quantitative estimate of drug-likeness (QED) is 0.380. The lowest BCUT2D eigenvalue weighted by molar-refractivity contribution is -0.138. The van der Waals surface area contributed by atoms with E-state index in [1.54, 1.807) is 60.7 Å². The summed E-state index contributed by atoms with van der Waals surface area (Å²) >= 11 is 0. The van der Waals surface area contributed by atoms with Crippen LogP contribution in [0, 0.1) is 11.3 Å². The first-order valence-corrected chi connectivity index (χ1v) is 9.29. The van der Waals surface area contributed by atoms with Crippen molar-refractivity contribution in [3.63, 3.8) is 0 Å². The van der Waals surface area contributed by atoms with E-state index in [4.69, 9.17) is 10.00 Å². The van der Waals surface area contributed by atoms with Gasteiger partial charge in [0.05, 0.1) is 22.8 Å². The number of carbonyl (C=O) groups excluding carboxylic acids is 3. The van der Waals surface area contributed by atoms with Crippen molar-refractivity contribution < 1.29 is 19.1 Å². The number of carbonyl (C=O) groups is 3. The van der Waals surface area contributed by atoms with Crippen LogP contribution in [0.3, 0.4) is 0 Å². The zero-order valence-electron chi connectivity index (χ0n) is 16.0. The minimum absolute atomic E-state index is 0.286. The molecule has 0 bridgehead atoms. The van der Waals surface area contributed by atoms with Crippen molar-refractivity contribution in [3.05, 3.63) is 89.5 Å². The Morgan fingerprint density at radius 2 is 1.37 bits per heavy atom. The summed E-state index contributed by atoms with van der Waals surface area (Å²) < 4.78 is 5.38. The second kappa shape index (κ2) is 7.64. The Balaban J connectivity index is 1.47. The van der Waals surface area contributed by atoms with Gasteiger partial charge in [-0.25, -0.2) is 4.79 Å². The van der Waals surface area contributed by atoms with Gasteiger partial charge in [-0.05, 0) is 54.4 Å². The van der Waals surface area contributed by atoms with Crippen molar-refractivity contribution in [2.75, 3.05) is 0 Å². The van der Waals surface area contributed by atoms with Crippen LogP contribution >= 0.6 is 0 Å². The molecule has 3 aromatic carbocycles. The van der Waals surface area contributed by atoms with Crippen molar-refractivity contribution in [3.8, 4) is 22.9 Å². The number of hydrogen-bond donors (Lipinski definition) is 0. The van der Waals surface area contributed by atoms with Crippen molar-refractivity contribution in [1.29, 1.82) is 5.26 Å². The highest BCUT2D eigenvalue weighted by atomic mass is 16.5. The summed E-state index contributed by atoms with van der Waals surface area (Å²) in [6, 6.07) is 21.5. The van der Waals surface area contributed by atoms with Crippen LogP contribution in [-0.2, 0) is 4.79 Å². The van der Waals surface area contributed by atoms with E-state index in [9.17, 15) is 14.4 Å². The van der Waals surface area contributed by atoms with Crippen LogP contribution in [0.2, 0.25) is 0 Å². The van der Waals surface area contributed by atoms with Crippen LogP contribution in [0.4, 0.5) is 0 Å². The largest absolute Gasteiger partial charge is 0.425 e. The standard InChI is InChI=1S/C24H16N2O4/c1-15(26-22(27)20-4-2-3-5-21(20)23(26)28)24(29)30-19-12-10-18(11-13-19)17-8-6-16(14-25)7-9-17/h2-13,15H,1H3. The average Bonchev–Trinajstić information content (AvgIpc) is 3.04. The third-order valence-electron chi connectivity index (χ3n) is 4.97. The number of imide groups is 1. The molecule has 0 saturated carbocycles. The second-order valence-corrected chi connectivity index (χ2v) is 6.84. The van der Waals surface area contributed by atoms with E-state index in [2.05, 4.69) is 6.07 Å². The molecule has 6 nitrogen and oxygen atoms in total. The van der Waals surface area contributed by atoms with Crippen LogP contribution in [0.1, 0.15) is 33.2 Å². The summed E-state index contributed by atoms with van der Waals surface area (Å²) in [7, 11) is 0. The van der Waals surface area contributed by atoms with E-state index in [0.717, 1.165) is 16.0 Å². The number of rotatable bonds is 4. The number of fused-ring (bicyclic) bond motifs is 1. The molecule has 0 aliphatic carbocycles. The van der Waals surface area contributed by atoms with Crippen molar-refractivity contribution in [2.45, 2.75) is 13.0 Å². The van der Waals surface area contributed by atoms with Crippen LogP contribution in [0.25, 0.3) is 11.1 Å². The maximum absolute atomic E-state index is 12.6. The Morgan fingerprint density at radius 1 is 0.867 bits per heavy atom. The molecular weight excluding hydrogens is 380 g/mol. The molecule has 0 radical (unpaired) electrons. The molecule has 2 amide bonds. The lowest BCUT2D eigenvalue weighted by Crippen LogP contribution is -2.44. The second-order valence-electron chi connectivity index (χ2n) is 6.84. The van der Waals surface area contributed by atoms with E-state index in [-0.39, 0.29) is 11.1 Å². The molecule has 4 rings (SSSR count). The molecule has 3 aromatic rings. The first-order valence-electron chi connectivity index (χ1n) is 9.29. The number of nitriles is 1. The van der Waals surface area contributed by atoms with Gasteiger partial charge in [-0.15, -0.1) is 0 Å². The highest BCUT2D eigenvalue weighted by Gasteiger charge is 2.41. The normalized spacial score (nSPS) is 13.5. The fraction of sp³-hybridized carbons (Fsp3) is 0.0833. The predicted octanol–water partition coefficient (Wildman–Crippen LogP) is 3.82. The number of amides is 2. The summed E-state index contributed by atoms with van der Waals surface area (Å²) in [5.41, 5.74) is 2.97. The molecule has 0 spiro atoms. The Morgan fingerprint density at radius 3 is 1.87 bits per heavy atom. The smallest absolute Gasteiger partial charge is 0.334 e. The van der Waals surface area contributed by atoms with Gasteiger partial charge in [-0.3, -0.25) is 14.5 Å². The first-order chi connectivity index (χ1) is 14.5. The van der Waals surface area contributed by atoms with Crippen molar-refractivity contribution in [1.82, 2.24) is 4.90 Å². The summed E-state index contributed by atoms with van der Waals surface area (Å²) in [5, 5.41) is 8.88. The number of benzene rings is 3. The van der Waals surface area contributed by atoms with Gasteiger partial charge < -0.3 is 4.74 Å². The molecule has 0 N–H and O–H groups in total. The third kappa shape index (κ3) is 3.33. The number of nitrogens with zero attached hydrogens (tertiary/aromatic N) is 2. The molecule has 1 aliphatic heterocycles. The van der Waals surface area contributed by atoms with Gasteiger partial charge in [0, 0.05) is 0 Å². The summed E-state index contributed by atoms with van der Waals surface area (Å²) in [4.78, 5) is 38.6. The lowest BCUT2D eigenvalue weighted by Gasteiger charge is -2.20. The lowest BCUT2D eigenvalue weighted by atomic mass is 10.0. The Hall–Kier alpha value is -4.24. The van der Waals surface area contributed by atoms with E-state index in [1.165, 1.54) is 6.92 Å². The Labute approximate surface area is 172 Å². The van der Waals surface area contributed by atoms with E-state index in [1.807, 2.05) is 12.1 Å². The number of hydrogen-bond acceptors (Lipinski definition) is 5. The van der Waals surface area contributed by atoms with E-state index >= 15 is 0 Å². The maximum Gasteiger partial charge on any atom is 0.334 e. The fourth-order valence-electron chi connectivity index (χ4n) is 3.32. The van der Waals surface area contributed by atoms with Crippen molar-refractivity contribution >= 4 is 17.8 Å². The average molecular weight is 396 g/mol. The Bertz CT molecular complexity index is 1160. The minimum atomic E-state index is -1.06. The molecular formula is C24H16N2O4. The number of esters is 1. The molecule has 6 heteroatoms. The monoisotopic (exact) mass is 396 g/mol. The molecule has 1 unspecified atom stereocenters. The summed E-state index contributed by atoms with van der Waals surface area (Å²) in [6.07, 6.45) is 0. The SMILES string of the molecule is CC(C(=O)Oc1ccc(-c2ccc(C#N)cc2)cc1)N1C(=O)c2ccccc2C1=O. The first kappa shape index (κ1) is 19.1. The van der Waals surface area contributed by atoms with Crippen LogP contribution in [-0.4, -0.2) is 28.7 Å². The fourth-order valence-corrected chi connectivity index (χ4v) is 3.32. The topological polar surface area (TPSA) is 87.5 Å². The van der Waals surface area contributed by atoms with Gasteiger partial charge in [0.25, 0.3) is 11.8 Å². The summed E-state index contributed by atoms with van der Waals surface area (Å²) in [6.45, 7) is 1.47. The van der Waals surface area contributed by atoms with Crippen LogP contribution in [0.15, 0.2) is 72.8 Å². The molecule has 1 heterocycles. The molecule has 146 valence electrons. The van der Waals surface area contributed by atoms with Crippen LogP contribution < -0.4 is 4.74 Å². The molecule has 0 saturated heterocycles. The van der Waals surface area contributed by atoms with E-state index < -0.39 is 23.8 Å². The Kier molecular flexibility index (Phi) is 4.87. The molecule has 0 aromatic heterocycles. The zero-order chi connectivity index (χ0) is 21.3. The van der Waals surface area contributed by atoms with Crippen molar-refractivity contribution in [2.24, 2.45) is 0 Å². The van der Waals surface area contributed by atoms with Gasteiger partial charge in [0.15, 0.2) is 0 Å². The van der Waals surface area contributed by atoms with Gasteiger partial charge in [0.1, 0.15) is 11.8 Å². The molecule has 0 fully saturated rings. The third-order valence-corrected chi connectivity index (χ3v) is 4.97. The van der Waals surface area contributed by atoms with E-state index in [0.29, 0.717) is 11.3 Å². The zero-order valence-corrected chi connectivity index (χ0v) is 16.0. The van der Waals surface area contributed by atoms with Gasteiger partial charge in [-0.1, -0.05) is 36.4 Å². The predicted molar refractivity (Wildman–Crippen MR) is 109 cm³/mol. The van der Waals surface area contributed by atoms with Gasteiger partial charge in [-0.2, -0.15) is 5.26 Å². The number of ether oxygens (including phenoxy) is 1. The highest BCUT2D eigenvalue weighted by molar-refractivity contribution is 6.22. The minimum Gasteiger partial charge on any atom is -0.425 e. The molecule has 1 atom stereocenters. The maximum atomic E-state index is 12.6. The van der Waals surface area contributed by atoms with Gasteiger partial charge >= 0.3 is 5.97 Å². The van der Waals surface area contributed by atoms with Crippen LogP contribution in [0.5, 0.6) is 5.75 Å².